The number of aliphatic imine (C=N–C) groups is 1. The Morgan fingerprint density at radius 3 is 3.00 bits per heavy atom. The molecule has 0 amide bonds. The Morgan fingerprint density at radius 2 is 2.38 bits per heavy atom. The zero-order chi connectivity index (χ0) is 17.4. The molecular formula is C15H26N4O3S2. The van der Waals surface area contributed by atoms with Crippen LogP contribution in [0.25, 0.3) is 0 Å². The van der Waals surface area contributed by atoms with Crippen LogP contribution in [-0.2, 0) is 14.8 Å². The molecule has 0 aromatic carbocycles. The second-order valence-corrected chi connectivity index (χ2v) is 8.62. The first-order valence-corrected chi connectivity index (χ1v) is 10.5. The molecule has 0 bridgehead atoms. The number of hydrogen-bond acceptors (Lipinski definition) is 5. The van der Waals surface area contributed by atoms with Gasteiger partial charge in [0.25, 0.3) is 0 Å². The highest BCUT2D eigenvalue weighted by molar-refractivity contribution is 7.91. The van der Waals surface area contributed by atoms with Gasteiger partial charge < -0.3 is 15.0 Å². The van der Waals surface area contributed by atoms with Crippen LogP contribution in [-0.4, -0.2) is 65.7 Å². The Kier molecular flexibility index (Phi) is 7.47. The van der Waals surface area contributed by atoms with Crippen molar-refractivity contribution in [2.45, 2.75) is 17.6 Å². The first-order valence-electron chi connectivity index (χ1n) is 8.13. The molecule has 1 atom stereocenters. The van der Waals surface area contributed by atoms with Gasteiger partial charge in [-0.15, -0.1) is 11.3 Å². The van der Waals surface area contributed by atoms with Crippen molar-refractivity contribution in [1.82, 2.24) is 14.9 Å². The molecule has 2 N–H and O–H groups in total. The van der Waals surface area contributed by atoms with Gasteiger partial charge in [-0.2, -0.15) is 0 Å². The van der Waals surface area contributed by atoms with Gasteiger partial charge in [-0.1, -0.05) is 6.07 Å². The van der Waals surface area contributed by atoms with E-state index in [4.69, 9.17) is 4.74 Å². The van der Waals surface area contributed by atoms with Crippen molar-refractivity contribution in [3.63, 3.8) is 0 Å². The van der Waals surface area contributed by atoms with Gasteiger partial charge in [0.1, 0.15) is 4.21 Å². The molecule has 136 valence electrons. The first-order chi connectivity index (χ1) is 11.5. The van der Waals surface area contributed by atoms with Gasteiger partial charge in [0.2, 0.25) is 10.0 Å². The third-order valence-electron chi connectivity index (χ3n) is 3.68. The smallest absolute Gasteiger partial charge is 0.250 e. The lowest BCUT2D eigenvalue weighted by Crippen LogP contribution is -2.42. The molecule has 0 radical (unpaired) electrons. The summed E-state index contributed by atoms with van der Waals surface area (Å²) >= 11 is 1.21. The van der Waals surface area contributed by atoms with Crippen LogP contribution in [0.1, 0.15) is 13.3 Å². The molecule has 0 spiro atoms. The van der Waals surface area contributed by atoms with Gasteiger partial charge in [0.15, 0.2) is 5.96 Å². The van der Waals surface area contributed by atoms with Crippen LogP contribution >= 0.6 is 11.3 Å². The molecular weight excluding hydrogens is 348 g/mol. The van der Waals surface area contributed by atoms with Crippen molar-refractivity contribution >= 4 is 27.3 Å². The molecule has 1 aliphatic heterocycles. The summed E-state index contributed by atoms with van der Waals surface area (Å²) in [5.74, 6) is 1.32. The fourth-order valence-corrected chi connectivity index (χ4v) is 4.56. The van der Waals surface area contributed by atoms with Crippen LogP contribution in [0.15, 0.2) is 26.7 Å². The van der Waals surface area contributed by atoms with E-state index in [0.717, 1.165) is 38.7 Å². The summed E-state index contributed by atoms with van der Waals surface area (Å²) < 4.78 is 32.4. The molecule has 7 nitrogen and oxygen atoms in total. The van der Waals surface area contributed by atoms with E-state index in [2.05, 4.69) is 19.9 Å². The highest BCUT2D eigenvalue weighted by Crippen LogP contribution is 2.15. The van der Waals surface area contributed by atoms with E-state index in [-0.39, 0.29) is 6.54 Å². The Morgan fingerprint density at radius 1 is 1.54 bits per heavy atom. The maximum atomic E-state index is 12.0. The van der Waals surface area contributed by atoms with Crippen LogP contribution < -0.4 is 10.0 Å². The van der Waals surface area contributed by atoms with E-state index in [0.29, 0.717) is 16.7 Å². The van der Waals surface area contributed by atoms with Crippen molar-refractivity contribution in [2.75, 3.05) is 46.4 Å². The summed E-state index contributed by atoms with van der Waals surface area (Å²) in [5, 5.41) is 4.99. The summed E-state index contributed by atoms with van der Waals surface area (Å²) in [6.07, 6.45) is 1.07. The summed E-state index contributed by atoms with van der Waals surface area (Å²) in [6, 6.07) is 3.32. The van der Waals surface area contributed by atoms with Crippen LogP contribution in [0.3, 0.4) is 0 Å². The van der Waals surface area contributed by atoms with Gasteiger partial charge in [-0.25, -0.2) is 13.1 Å². The van der Waals surface area contributed by atoms with Crippen LogP contribution in [0.2, 0.25) is 0 Å². The molecule has 1 saturated heterocycles. The lowest BCUT2D eigenvalue weighted by molar-refractivity contribution is 0.181. The fourth-order valence-electron chi connectivity index (χ4n) is 2.50. The summed E-state index contributed by atoms with van der Waals surface area (Å²) in [4.78, 5) is 6.59. The molecule has 1 aliphatic rings. The predicted molar refractivity (Wildman–Crippen MR) is 97.0 cm³/mol. The molecule has 1 aromatic heterocycles. The standard InChI is InChI=1S/C15H26N4O3S2/c1-3-16-15(19(2)11-13-6-9-22-12-13)17-7-8-18-24(20,21)14-5-4-10-23-14/h4-5,10,13,18H,3,6-9,11-12H2,1-2H3,(H,16,17). The number of ether oxygens (including phenoxy) is 1. The molecule has 2 rings (SSSR count). The van der Waals surface area contributed by atoms with E-state index in [9.17, 15) is 8.42 Å². The number of rotatable bonds is 8. The topological polar surface area (TPSA) is 83.0 Å². The van der Waals surface area contributed by atoms with Gasteiger partial charge in [0.05, 0.1) is 13.2 Å². The summed E-state index contributed by atoms with van der Waals surface area (Å²) in [6.45, 7) is 5.95. The Labute approximate surface area is 148 Å². The second kappa shape index (κ2) is 9.36. The van der Waals surface area contributed by atoms with Crippen LogP contribution in [0, 0.1) is 5.92 Å². The van der Waals surface area contributed by atoms with E-state index in [1.54, 1.807) is 17.5 Å². The van der Waals surface area contributed by atoms with Crippen LogP contribution in [0.4, 0.5) is 0 Å². The van der Waals surface area contributed by atoms with Crippen molar-refractivity contribution in [3.05, 3.63) is 17.5 Å². The fraction of sp³-hybridized carbons (Fsp3) is 0.667. The zero-order valence-electron chi connectivity index (χ0n) is 14.2. The molecule has 1 aromatic rings. The Hall–Kier alpha value is -1.16. The molecule has 0 aliphatic carbocycles. The quantitative estimate of drug-likeness (QED) is 0.402. The SMILES string of the molecule is CCNC(=NCCNS(=O)(=O)c1cccs1)N(C)CC1CCOC1. The number of nitrogens with one attached hydrogen (secondary N) is 2. The second-order valence-electron chi connectivity index (χ2n) is 5.68. The molecule has 1 fully saturated rings. The maximum Gasteiger partial charge on any atom is 0.250 e. The third kappa shape index (κ3) is 5.73. The van der Waals surface area contributed by atoms with Gasteiger partial charge in [-0.05, 0) is 24.8 Å². The minimum Gasteiger partial charge on any atom is -0.381 e. The lowest BCUT2D eigenvalue weighted by atomic mass is 10.1. The third-order valence-corrected chi connectivity index (χ3v) is 6.54. The number of nitrogens with zero attached hydrogens (tertiary/aromatic N) is 2. The van der Waals surface area contributed by atoms with Crippen molar-refractivity contribution in [3.8, 4) is 0 Å². The predicted octanol–water partition coefficient (Wildman–Crippen LogP) is 0.960. The minimum atomic E-state index is -3.42. The molecule has 1 unspecified atom stereocenters. The van der Waals surface area contributed by atoms with E-state index in [1.807, 2.05) is 14.0 Å². The average Bonchev–Trinajstić information content (AvgIpc) is 3.23. The minimum absolute atomic E-state index is 0.273. The summed E-state index contributed by atoms with van der Waals surface area (Å²) in [7, 11) is -1.42. The molecule has 0 saturated carbocycles. The average molecular weight is 375 g/mol. The number of guanidine groups is 1. The largest absolute Gasteiger partial charge is 0.381 e. The summed E-state index contributed by atoms with van der Waals surface area (Å²) in [5.41, 5.74) is 0. The van der Waals surface area contributed by atoms with Crippen LogP contribution in [0.5, 0.6) is 0 Å². The zero-order valence-corrected chi connectivity index (χ0v) is 15.8. The molecule has 2 heterocycles. The monoisotopic (exact) mass is 374 g/mol. The van der Waals surface area contributed by atoms with Gasteiger partial charge >= 0.3 is 0 Å². The van der Waals surface area contributed by atoms with Gasteiger partial charge in [-0.3, -0.25) is 4.99 Å². The highest BCUT2D eigenvalue weighted by Gasteiger charge is 2.19. The molecule has 24 heavy (non-hydrogen) atoms. The maximum absolute atomic E-state index is 12.0. The molecule has 9 heteroatoms. The number of hydrogen-bond donors (Lipinski definition) is 2. The number of sulfonamides is 1. The van der Waals surface area contributed by atoms with E-state index >= 15 is 0 Å². The number of thiophene rings is 1. The Balaban J connectivity index is 1.84. The highest BCUT2D eigenvalue weighted by atomic mass is 32.2. The lowest BCUT2D eigenvalue weighted by Gasteiger charge is -2.24. The Bertz CT molecular complexity index is 611. The van der Waals surface area contributed by atoms with Crippen molar-refractivity contribution in [2.24, 2.45) is 10.9 Å². The first kappa shape index (κ1) is 19.2. The van der Waals surface area contributed by atoms with Crippen molar-refractivity contribution < 1.29 is 13.2 Å². The van der Waals surface area contributed by atoms with E-state index in [1.165, 1.54) is 11.3 Å². The van der Waals surface area contributed by atoms with Crippen molar-refractivity contribution in [1.29, 1.82) is 0 Å². The normalized spacial score (nSPS) is 18.8. The van der Waals surface area contributed by atoms with E-state index < -0.39 is 10.0 Å². The van der Waals surface area contributed by atoms with Gasteiger partial charge in [0, 0.05) is 39.2 Å².